The fourth-order valence-electron chi connectivity index (χ4n) is 4.77. The first-order valence-electron chi connectivity index (χ1n) is 13.1. The standard InChI is InChI=1S/C28H27F4N7O4/c1-14-13-43-20(12-39(14)27(41)15(2)42-3)25-37-22(23-24(33)35-8-9-38(23)25)18-5-4-16(10-19(18)29)26(40)36-21-11-17(6-7-34-21)28(30,31)32/h4-11,14-15,20H,12-13H2,1-3H3,(H2,33,35)(H,34,36,40)/t14-,15?,20+/m0/s1. The van der Waals surface area contributed by atoms with Gasteiger partial charge in [0.05, 0.1) is 24.8 Å². The number of aromatic nitrogens is 4. The fourth-order valence-corrected chi connectivity index (χ4v) is 4.77. The van der Waals surface area contributed by atoms with Crippen molar-refractivity contribution in [2.75, 3.05) is 31.3 Å². The van der Waals surface area contributed by atoms with Crippen molar-refractivity contribution < 1.29 is 36.6 Å². The summed E-state index contributed by atoms with van der Waals surface area (Å²) in [4.78, 5) is 39.8. The summed E-state index contributed by atoms with van der Waals surface area (Å²) in [6, 6.07) is 4.76. The third kappa shape index (κ3) is 5.85. The number of nitrogens with one attached hydrogen (secondary N) is 1. The summed E-state index contributed by atoms with van der Waals surface area (Å²) < 4.78 is 67.5. The van der Waals surface area contributed by atoms with Crippen molar-refractivity contribution in [2.45, 2.75) is 38.3 Å². The molecule has 1 saturated heterocycles. The van der Waals surface area contributed by atoms with Gasteiger partial charge in [0.15, 0.2) is 0 Å². The fraction of sp³-hybridized carbons (Fsp3) is 0.321. The normalized spacial score (nSPS) is 18.1. The molecule has 15 heteroatoms. The average molecular weight is 602 g/mol. The minimum Gasteiger partial charge on any atom is -0.382 e. The Morgan fingerprint density at radius 2 is 1.95 bits per heavy atom. The number of methoxy groups -OCH3 is 1. The van der Waals surface area contributed by atoms with Gasteiger partial charge in [0, 0.05) is 36.8 Å². The molecule has 3 aromatic heterocycles. The van der Waals surface area contributed by atoms with E-state index in [9.17, 15) is 22.8 Å². The Bertz CT molecular complexity index is 1690. The molecule has 43 heavy (non-hydrogen) atoms. The monoisotopic (exact) mass is 601 g/mol. The highest BCUT2D eigenvalue weighted by atomic mass is 19.4. The number of nitrogens with zero attached hydrogens (tertiary/aromatic N) is 5. The van der Waals surface area contributed by atoms with E-state index >= 15 is 4.39 Å². The number of alkyl halides is 3. The number of amides is 2. The van der Waals surface area contributed by atoms with Crippen LogP contribution in [0.1, 0.15) is 41.7 Å². The number of pyridine rings is 1. The van der Waals surface area contributed by atoms with Crippen molar-refractivity contribution in [1.29, 1.82) is 0 Å². The molecule has 0 bridgehead atoms. The van der Waals surface area contributed by atoms with Crippen molar-refractivity contribution in [3.05, 3.63) is 71.7 Å². The van der Waals surface area contributed by atoms with Crippen molar-refractivity contribution in [3.63, 3.8) is 0 Å². The molecule has 3 N–H and O–H groups in total. The molecule has 1 aromatic carbocycles. The van der Waals surface area contributed by atoms with Gasteiger partial charge in [-0.1, -0.05) is 0 Å². The Balaban J connectivity index is 1.47. The van der Waals surface area contributed by atoms with Gasteiger partial charge in [0.25, 0.3) is 11.8 Å². The van der Waals surface area contributed by atoms with Gasteiger partial charge in [-0.3, -0.25) is 14.0 Å². The molecule has 0 saturated carbocycles. The Labute approximate surface area is 242 Å². The maximum atomic E-state index is 15.6. The van der Waals surface area contributed by atoms with Crippen LogP contribution < -0.4 is 11.1 Å². The molecule has 4 heterocycles. The predicted molar refractivity (Wildman–Crippen MR) is 146 cm³/mol. The molecule has 226 valence electrons. The number of rotatable bonds is 6. The number of hydrogen-bond donors (Lipinski definition) is 2. The zero-order valence-electron chi connectivity index (χ0n) is 23.2. The molecule has 1 aliphatic heterocycles. The smallest absolute Gasteiger partial charge is 0.382 e. The maximum absolute atomic E-state index is 15.6. The summed E-state index contributed by atoms with van der Waals surface area (Å²) in [7, 11) is 1.45. The topological polar surface area (TPSA) is 137 Å². The first-order valence-corrected chi connectivity index (χ1v) is 13.1. The zero-order valence-corrected chi connectivity index (χ0v) is 23.2. The number of morpholine rings is 1. The van der Waals surface area contributed by atoms with Crippen LogP contribution in [0.2, 0.25) is 0 Å². The van der Waals surface area contributed by atoms with E-state index in [1.54, 1.807) is 22.4 Å². The highest BCUT2D eigenvalue weighted by Crippen LogP contribution is 2.35. The largest absolute Gasteiger partial charge is 0.416 e. The van der Waals surface area contributed by atoms with Crippen LogP contribution in [0.15, 0.2) is 48.9 Å². The average Bonchev–Trinajstić information content (AvgIpc) is 3.37. The molecule has 11 nitrogen and oxygen atoms in total. The van der Waals surface area contributed by atoms with Crippen LogP contribution in [-0.4, -0.2) is 68.5 Å². The zero-order chi connectivity index (χ0) is 31.1. The number of imidazole rings is 1. The first-order chi connectivity index (χ1) is 20.4. The van der Waals surface area contributed by atoms with Crippen molar-refractivity contribution in [1.82, 2.24) is 24.3 Å². The molecular formula is C28H27F4N7O4. The summed E-state index contributed by atoms with van der Waals surface area (Å²) >= 11 is 0. The number of fused-ring (bicyclic) bond motifs is 1. The van der Waals surface area contributed by atoms with Gasteiger partial charge in [-0.25, -0.2) is 19.3 Å². The van der Waals surface area contributed by atoms with Gasteiger partial charge in [-0.15, -0.1) is 0 Å². The molecule has 3 atom stereocenters. The lowest BCUT2D eigenvalue weighted by molar-refractivity contribution is -0.154. The van der Waals surface area contributed by atoms with E-state index in [1.165, 1.54) is 25.4 Å². The van der Waals surface area contributed by atoms with E-state index in [0.29, 0.717) is 11.9 Å². The van der Waals surface area contributed by atoms with Crippen LogP contribution in [0.4, 0.5) is 29.2 Å². The first kappa shape index (κ1) is 29.8. The molecule has 0 radical (unpaired) electrons. The highest BCUT2D eigenvalue weighted by molar-refractivity contribution is 6.04. The van der Waals surface area contributed by atoms with Gasteiger partial charge >= 0.3 is 6.18 Å². The van der Waals surface area contributed by atoms with Crippen LogP contribution in [0.5, 0.6) is 0 Å². The van der Waals surface area contributed by atoms with Crippen LogP contribution in [0, 0.1) is 5.82 Å². The van der Waals surface area contributed by atoms with Gasteiger partial charge < -0.3 is 25.4 Å². The SMILES string of the molecule is COC(C)C(=O)N1C[C@H](c2nc(-c3ccc(C(=O)Nc4cc(C(F)(F)F)ccn4)cc3F)c3c(N)nccn23)OC[C@@H]1C. The number of anilines is 2. The maximum Gasteiger partial charge on any atom is 0.416 e. The van der Waals surface area contributed by atoms with Crippen LogP contribution in [-0.2, 0) is 20.4 Å². The summed E-state index contributed by atoms with van der Waals surface area (Å²) in [6.45, 7) is 3.87. The number of nitrogen functional groups attached to an aromatic ring is 1. The second kappa shape index (κ2) is 11.6. The van der Waals surface area contributed by atoms with Crippen LogP contribution in [0.3, 0.4) is 0 Å². The molecule has 1 fully saturated rings. The number of nitrogens with two attached hydrogens (primary N) is 1. The summed E-state index contributed by atoms with van der Waals surface area (Å²) in [5.74, 6) is -1.87. The van der Waals surface area contributed by atoms with E-state index in [4.69, 9.17) is 15.2 Å². The summed E-state index contributed by atoms with van der Waals surface area (Å²) in [5.41, 5.74) is 5.41. The lowest BCUT2D eigenvalue weighted by Gasteiger charge is -2.38. The molecule has 1 aliphatic rings. The minimum atomic E-state index is -4.63. The van der Waals surface area contributed by atoms with Crippen molar-refractivity contribution in [3.8, 4) is 11.3 Å². The van der Waals surface area contributed by atoms with Crippen LogP contribution >= 0.6 is 0 Å². The van der Waals surface area contributed by atoms with Gasteiger partial charge in [0.1, 0.15) is 46.7 Å². The molecule has 4 aromatic rings. The number of benzene rings is 1. The molecule has 5 rings (SSSR count). The van der Waals surface area contributed by atoms with Gasteiger partial charge in [0.2, 0.25) is 0 Å². The van der Waals surface area contributed by atoms with E-state index < -0.39 is 35.7 Å². The number of halogens is 4. The van der Waals surface area contributed by atoms with Crippen molar-refractivity contribution in [2.24, 2.45) is 0 Å². The third-order valence-corrected chi connectivity index (χ3v) is 7.13. The van der Waals surface area contributed by atoms with Gasteiger partial charge in [-0.05, 0) is 44.2 Å². The summed E-state index contributed by atoms with van der Waals surface area (Å²) in [6.07, 6.45) is -2.04. The number of hydrogen-bond acceptors (Lipinski definition) is 8. The third-order valence-electron chi connectivity index (χ3n) is 7.13. The Morgan fingerprint density at radius 1 is 1.19 bits per heavy atom. The molecule has 1 unspecified atom stereocenters. The Kier molecular flexibility index (Phi) is 8.03. The number of carbonyl (C=O) groups is 2. The van der Waals surface area contributed by atoms with E-state index in [2.05, 4.69) is 20.3 Å². The predicted octanol–water partition coefficient (Wildman–Crippen LogP) is 4.11. The van der Waals surface area contributed by atoms with E-state index in [1.807, 2.05) is 6.92 Å². The second-order valence-corrected chi connectivity index (χ2v) is 9.97. The molecule has 2 amide bonds. The highest BCUT2D eigenvalue weighted by Gasteiger charge is 2.36. The molecule has 0 spiro atoms. The summed E-state index contributed by atoms with van der Waals surface area (Å²) in [5, 5.41) is 2.25. The van der Waals surface area contributed by atoms with Crippen LogP contribution in [0.25, 0.3) is 16.8 Å². The van der Waals surface area contributed by atoms with Crippen molar-refractivity contribution >= 4 is 29.0 Å². The minimum absolute atomic E-state index is 0.0118. The number of ether oxygens (including phenoxy) is 2. The quantitative estimate of drug-likeness (QED) is 0.315. The lowest BCUT2D eigenvalue weighted by atomic mass is 10.1. The molecule has 0 aliphatic carbocycles. The lowest BCUT2D eigenvalue weighted by Crippen LogP contribution is -2.51. The van der Waals surface area contributed by atoms with E-state index in [0.717, 1.165) is 18.3 Å². The second-order valence-electron chi connectivity index (χ2n) is 9.97. The Hall–Kier alpha value is -4.63. The van der Waals surface area contributed by atoms with Gasteiger partial charge in [-0.2, -0.15) is 13.2 Å². The Morgan fingerprint density at radius 3 is 2.65 bits per heavy atom. The van der Waals surface area contributed by atoms with E-state index in [-0.39, 0.29) is 59.1 Å². The number of carbonyl (C=O) groups excluding carboxylic acids is 2. The molecular weight excluding hydrogens is 574 g/mol.